The van der Waals surface area contributed by atoms with Crippen LogP contribution in [0.3, 0.4) is 0 Å². The van der Waals surface area contributed by atoms with Crippen molar-refractivity contribution in [1.29, 1.82) is 0 Å². The van der Waals surface area contributed by atoms with E-state index in [1.165, 1.54) is 16.7 Å². The van der Waals surface area contributed by atoms with Gasteiger partial charge in [-0.25, -0.2) is 0 Å². The van der Waals surface area contributed by atoms with Crippen molar-refractivity contribution in [2.24, 2.45) is 5.73 Å². The van der Waals surface area contributed by atoms with Crippen LogP contribution in [0.1, 0.15) is 16.7 Å². The Labute approximate surface area is 127 Å². The summed E-state index contributed by atoms with van der Waals surface area (Å²) < 4.78 is 5.17. The van der Waals surface area contributed by atoms with Crippen LogP contribution in [-0.2, 0) is 19.5 Å². The smallest absolute Gasteiger partial charge is 0.118 e. The molecular formula is C18H24N2O. The Kier molecular flexibility index (Phi) is 5.78. The normalized spacial score (nSPS) is 10.9. The van der Waals surface area contributed by atoms with E-state index in [0.29, 0.717) is 6.54 Å². The van der Waals surface area contributed by atoms with Crippen LogP contribution in [-0.4, -0.2) is 25.6 Å². The van der Waals surface area contributed by atoms with Gasteiger partial charge in [0, 0.05) is 19.6 Å². The molecule has 2 aromatic carbocycles. The molecule has 112 valence electrons. The van der Waals surface area contributed by atoms with Gasteiger partial charge in [-0.3, -0.25) is 0 Å². The van der Waals surface area contributed by atoms with Crippen molar-refractivity contribution < 1.29 is 4.74 Å². The fourth-order valence-electron chi connectivity index (χ4n) is 2.36. The second kappa shape index (κ2) is 7.81. The molecule has 2 rings (SSSR count). The largest absolute Gasteiger partial charge is 0.497 e. The predicted octanol–water partition coefficient (Wildman–Crippen LogP) is 2.83. The molecule has 0 atom stereocenters. The molecule has 0 aliphatic heterocycles. The molecule has 2 aromatic rings. The molecule has 0 aromatic heterocycles. The van der Waals surface area contributed by atoms with Crippen molar-refractivity contribution in [3.05, 3.63) is 65.2 Å². The fourth-order valence-corrected chi connectivity index (χ4v) is 2.36. The average Bonchev–Trinajstić information content (AvgIpc) is 2.53. The summed E-state index contributed by atoms with van der Waals surface area (Å²) in [6.07, 6.45) is 1.04. The zero-order valence-electron chi connectivity index (χ0n) is 12.9. The number of hydrogen-bond acceptors (Lipinski definition) is 3. The lowest BCUT2D eigenvalue weighted by Crippen LogP contribution is -2.20. The Bertz CT molecular complexity index is 551. The Morgan fingerprint density at radius 3 is 2.38 bits per heavy atom. The minimum Gasteiger partial charge on any atom is -0.497 e. The van der Waals surface area contributed by atoms with E-state index < -0.39 is 0 Å². The van der Waals surface area contributed by atoms with Gasteiger partial charge >= 0.3 is 0 Å². The zero-order chi connectivity index (χ0) is 15.1. The summed E-state index contributed by atoms with van der Waals surface area (Å²) in [4.78, 5) is 2.33. The number of hydrogen-bond donors (Lipinski definition) is 1. The molecule has 0 aliphatic rings. The number of benzene rings is 2. The fraction of sp³-hybridized carbons (Fsp3) is 0.333. The molecule has 0 bridgehead atoms. The summed E-state index contributed by atoms with van der Waals surface area (Å²) in [6.45, 7) is 2.58. The van der Waals surface area contributed by atoms with Crippen LogP contribution in [0.5, 0.6) is 5.75 Å². The van der Waals surface area contributed by atoms with Crippen molar-refractivity contribution in [2.75, 3.05) is 20.7 Å². The lowest BCUT2D eigenvalue weighted by Gasteiger charge is -2.17. The van der Waals surface area contributed by atoms with Crippen LogP contribution < -0.4 is 10.5 Å². The first-order valence-corrected chi connectivity index (χ1v) is 7.30. The summed E-state index contributed by atoms with van der Waals surface area (Å²) in [5, 5.41) is 0. The molecule has 0 saturated carbocycles. The standard InChI is InChI=1S/C18H24N2O/c1-20(14-17-5-3-4-16(12-17)13-19)11-10-15-6-8-18(21-2)9-7-15/h3-9,12H,10-11,13-14,19H2,1-2H3. The van der Waals surface area contributed by atoms with Gasteiger partial charge in [0.15, 0.2) is 0 Å². The van der Waals surface area contributed by atoms with Gasteiger partial charge in [-0.15, -0.1) is 0 Å². The van der Waals surface area contributed by atoms with Crippen molar-refractivity contribution in [3.63, 3.8) is 0 Å². The number of rotatable bonds is 7. The molecule has 2 N–H and O–H groups in total. The minimum atomic E-state index is 0.601. The van der Waals surface area contributed by atoms with E-state index in [1.54, 1.807) is 7.11 Å². The second-order valence-corrected chi connectivity index (χ2v) is 5.36. The van der Waals surface area contributed by atoms with Crippen LogP contribution in [0.25, 0.3) is 0 Å². The van der Waals surface area contributed by atoms with E-state index in [4.69, 9.17) is 10.5 Å². The van der Waals surface area contributed by atoms with E-state index in [9.17, 15) is 0 Å². The molecule has 3 heteroatoms. The van der Waals surface area contributed by atoms with Crippen LogP contribution in [0.15, 0.2) is 48.5 Å². The van der Waals surface area contributed by atoms with Crippen molar-refractivity contribution in [1.82, 2.24) is 4.90 Å². The summed E-state index contributed by atoms with van der Waals surface area (Å²) in [6, 6.07) is 16.8. The van der Waals surface area contributed by atoms with Crippen LogP contribution >= 0.6 is 0 Å². The number of nitrogens with zero attached hydrogens (tertiary/aromatic N) is 1. The Morgan fingerprint density at radius 1 is 1.00 bits per heavy atom. The Hall–Kier alpha value is -1.84. The van der Waals surface area contributed by atoms with Crippen molar-refractivity contribution in [2.45, 2.75) is 19.5 Å². The van der Waals surface area contributed by atoms with E-state index in [1.807, 2.05) is 12.1 Å². The average molecular weight is 284 g/mol. The highest BCUT2D eigenvalue weighted by atomic mass is 16.5. The van der Waals surface area contributed by atoms with Gasteiger partial charge in [0.05, 0.1) is 7.11 Å². The van der Waals surface area contributed by atoms with Gasteiger partial charge in [-0.05, 0) is 42.3 Å². The van der Waals surface area contributed by atoms with Crippen LogP contribution in [0.2, 0.25) is 0 Å². The van der Waals surface area contributed by atoms with E-state index in [0.717, 1.165) is 25.3 Å². The molecule has 0 fully saturated rings. The van der Waals surface area contributed by atoms with Gasteiger partial charge in [-0.2, -0.15) is 0 Å². The highest BCUT2D eigenvalue weighted by Crippen LogP contribution is 2.12. The molecule has 0 spiro atoms. The monoisotopic (exact) mass is 284 g/mol. The number of nitrogens with two attached hydrogens (primary N) is 1. The molecule has 0 saturated heterocycles. The number of methoxy groups -OCH3 is 1. The summed E-state index contributed by atoms with van der Waals surface area (Å²) in [7, 11) is 3.84. The molecular weight excluding hydrogens is 260 g/mol. The molecule has 0 amide bonds. The predicted molar refractivity (Wildman–Crippen MR) is 87.4 cm³/mol. The zero-order valence-corrected chi connectivity index (χ0v) is 12.9. The maximum atomic E-state index is 5.68. The Morgan fingerprint density at radius 2 is 1.71 bits per heavy atom. The van der Waals surface area contributed by atoms with Gasteiger partial charge in [0.2, 0.25) is 0 Å². The van der Waals surface area contributed by atoms with Gasteiger partial charge in [0.1, 0.15) is 5.75 Å². The number of likely N-dealkylation sites (N-methyl/N-ethyl adjacent to an activating group) is 1. The number of ether oxygens (including phenoxy) is 1. The summed E-state index contributed by atoms with van der Waals surface area (Å²) in [5.41, 5.74) is 9.52. The third kappa shape index (κ3) is 4.88. The second-order valence-electron chi connectivity index (χ2n) is 5.36. The molecule has 21 heavy (non-hydrogen) atoms. The van der Waals surface area contributed by atoms with Gasteiger partial charge < -0.3 is 15.4 Å². The molecule has 0 unspecified atom stereocenters. The maximum Gasteiger partial charge on any atom is 0.118 e. The lowest BCUT2D eigenvalue weighted by molar-refractivity contribution is 0.331. The highest BCUT2D eigenvalue weighted by Gasteiger charge is 2.02. The quantitative estimate of drug-likeness (QED) is 0.849. The van der Waals surface area contributed by atoms with Gasteiger partial charge in [0.25, 0.3) is 0 Å². The van der Waals surface area contributed by atoms with Crippen molar-refractivity contribution in [3.8, 4) is 5.75 Å². The van der Waals surface area contributed by atoms with E-state index in [-0.39, 0.29) is 0 Å². The molecule has 0 aliphatic carbocycles. The maximum absolute atomic E-state index is 5.68. The lowest BCUT2D eigenvalue weighted by atomic mass is 10.1. The summed E-state index contributed by atoms with van der Waals surface area (Å²) >= 11 is 0. The topological polar surface area (TPSA) is 38.5 Å². The van der Waals surface area contributed by atoms with Crippen LogP contribution in [0.4, 0.5) is 0 Å². The van der Waals surface area contributed by atoms with Gasteiger partial charge in [-0.1, -0.05) is 36.4 Å². The first-order valence-electron chi connectivity index (χ1n) is 7.30. The van der Waals surface area contributed by atoms with Crippen molar-refractivity contribution >= 4 is 0 Å². The molecule has 0 heterocycles. The minimum absolute atomic E-state index is 0.601. The van der Waals surface area contributed by atoms with E-state index in [2.05, 4.69) is 48.3 Å². The third-order valence-corrected chi connectivity index (χ3v) is 3.62. The third-order valence-electron chi connectivity index (χ3n) is 3.62. The summed E-state index contributed by atoms with van der Waals surface area (Å²) in [5.74, 6) is 0.908. The van der Waals surface area contributed by atoms with Crippen LogP contribution in [0, 0.1) is 0 Å². The van der Waals surface area contributed by atoms with E-state index >= 15 is 0 Å². The SMILES string of the molecule is COc1ccc(CCN(C)Cc2cccc(CN)c2)cc1. The molecule has 3 nitrogen and oxygen atoms in total. The molecule has 0 radical (unpaired) electrons. The Balaban J connectivity index is 1.84. The highest BCUT2D eigenvalue weighted by molar-refractivity contribution is 5.27. The first kappa shape index (κ1) is 15.5. The first-order chi connectivity index (χ1) is 10.2.